The van der Waals surface area contributed by atoms with Crippen molar-refractivity contribution in [3.8, 4) is 5.75 Å². The van der Waals surface area contributed by atoms with Gasteiger partial charge in [-0.25, -0.2) is 0 Å². The molecule has 98 valence electrons. The van der Waals surface area contributed by atoms with E-state index in [1.54, 1.807) is 18.4 Å². The Morgan fingerprint density at radius 3 is 2.89 bits per heavy atom. The molecular formula is C14H14N2OS2. The van der Waals surface area contributed by atoms with Crippen LogP contribution in [0.5, 0.6) is 5.75 Å². The second-order valence-electron chi connectivity index (χ2n) is 4.37. The predicted molar refractivity (Wildman–Crippen MR) is 81.8 cm³/mol. The number of aromatic amines is 1. The van der Waals surface area contributed by atoms with Gasteiger partial charge in [0.15, 0.2) is 4.77 Å². The lowest BCUT2D eigenvalue weighted by molar-refractivity contribution is 0.415. The fourth-order valence-corrected chi connectivity index (χ4v) is 3.41. The fraction of sp³-hybridized carbons (Fsp3) is 0.214. The molecule has 0 spiro atoms. The monoisotopic (exact) mass is 290 g/mol. The first-order valence-electron chi connectivity index (χ1n) is 6.02. The van der Waals surface area contributed by atoms with Crippen LogP contribution in [0.3, 0.4) is 0 Å². The zero-order valence-corrected chi connectivity index (χ0v) is 12.3. The van der Waals surface area contributed by atoms with E-state index in [0.717, 1.165) is 21.6 Å². The molecule has 1 N–H and O–H groups in total. The third kappa shape index (κ3) is 2.09. The number of H-pyrrole nitrogens is 1. The van der Waals surface area contributed by atoms with Crippen LogP contribution >= 0.6 is 23.6 Å². The Bertz CT molecular complexity index is 755. The lowest BCUT2D eigenvalue weighted by Gasteiger charge is -2.13. The van der Waals surface area contributed by atoms with Gasteiger partial charge in [0.2, 0.25) is 0 Å². The van der Waals surface area contributed by atoms with Gasteiger partial charge in [-0.1, -0.05) is 6.07 Å². The van der Waals surface area contributed by atoms with Gasteiger partial charge >= 0.3 is 0 Å². The summed E-state index contributed by atoms with van der Waals surface area (Å²) in [4.78, 5) is 4.54. The van der Waals surface area contributed by atoms with Gasteiger partial charge in [0.1, 0.15) is 5.75 Å². The van der Waals surface area contributed by atoms with Crippen LogP contribution in [0.1, 0.15) is 17.8 Å². The number of nitrogens with zero attached hydrogens (tertiary/aromatic N) is 1. The highest BCUT2D eigenvalue weighted by molar-refractivity contribution is 7.71. The van der Waals surface area contributed by atoms with Crippen molar-refractivity contribution in [2.45, 2.75) is 13.0 Å². The van der Waals surface area contributed by atoms with Crippen LogP contribution in [-0.4, -0.2) is 16.7 Å². The molecule has 2 aromatic heterocycles. The zero-order valence-electron chi connectivity index (χ0n) is 10.7. The highest BCUT2D eigenvalue weighted by Crippen LogP contribution is 2.29. The molecule has 3 aromatic rings. The minimum absolute atomic E-state index is 0.216. The lowest BCUT2D eigenvalue weighted by atomic mass is 10.2. The van der Waals surface area contributed by atoms with Gasteiger partial charge < -0.3 is 14.3 Å². The summed E-state index contributed by atoms with van der Waals surface area (Å²) in [5.74, 6) is 0.841. The number of rotatable bonds is 3. The molecule has 5 heteroatoms. The third-order valence-electron chi connectivity index (χ3n) is 3.27. The largest absolute Gasteiger partial charge is 0.497 e. The third-order valence-corrected chi connectivity index (χ3v) is 4.61. The maximum atomic E-state index is 5.45. The van der Waals surface area contributed by atoms with Crippen LogP contribution in [-0.2, 0) is 0 Å². The molecule has 19 heavy (non-hydrogen) atoms. The fourth-order valence-electron chi connectivity index (χ4n) is 2.27. The number of hydrogen-bond donors (Lipinski definition) is 1. The number of methoxy groups -OCH3 is 1. The van der Waals surface area contributed by atoms with Crippen molar-refractivity contribution >= 4 is 34.6 Å². The van der Waals surface area contributed by atoms with Crippen LogP contribution < -0.4 is 4.74 Å². The summed E-state index contributed by atoms with van der Waals surface area (Å²) in [5.41, 5.74) is 2.11. The van der Waals surface area contributed by atoms with Gasteiger partial charge in [-0.2, -0.15) is 0 Å². The Balaban J connectivity index is 2.22. The Kier molecular flexibility index (Phi) is 3.16. The van der Waals surface area contributed by atoms with E-state index in [0.29, 0.717) is 0 Å². The minimum Gasteiger partial charge on any atom is -0.497 e. The Labute approximate surface area is 120 Å². The molecule has 0 saturated carbocycles. The molecule has 0 amide bonds. The normalized spacial score (nSPS) is 12.7. The maximum absolute atomic E-state index is 5.45. The topological polar surface area (TPSA) is 29.9 Å². The van der Waals surface area contributed by atoms with Crippen LogP contribution in [0.25, 0.3) is 11.0 Å². The van der Waals surface area contributed by atoms with Crippen LogP contribution in [0.2, 0.25) is 0 Å². The van der Waals surface area contributed by atoms with Gasteiger partial charge in [-0.05, 0) is 42.7 Å². The van der Waals surface area contributed by atoms with E-state index in [4.69, 9.17) is 17.0 Å². The van der Waals surface area contributed by atoms with Crippen molar-refractivity contribution in [2.24, 2.45) is 0 Å². The number of fused-ring (bicyclic) bond motifs is 1. The first-order valence-corrected chi connectivity index (χ1v) is 7.31. The Morgan fingerprint density at radius 2 is 2.21 bits per heavy atom. The molecule has 3 nitrogen and oxygen atoms in total. The van der Waals surface area contributed by atoms with E-state index in [9.17, 15) is 0 Å². The number of aromatic nitrogens is 2. The molecule has 0 radical (unpaired) electrons. The average Bonchev–Trinajstić information content (AvgIpc) is 3.03. The standard InChI is InChI=1S/C14H14N2OS2/c1-9(13-4-3-7-19-13)16-12-8-10(17-2)5-6-11(12)15-14(16)18/h3-9H,1-2H3,(H,15,18). The highest BCUT2D eigenvalue weighted by atomic mass is 32.1. The summed E-state index contributed by atoms with van der Waals surface area (Å²) in [6.45, 7) is 2.16. The van der Waals surface area contributed by atoms with Gasteiger partial charge in [-0.15, -0.1) is 11.3 Å². The van der Waals surface area contributed by atoms with Crippen molar-refractivity contribution in [1.82, 2.24) is 9.55 Å². The molecular weight excluding hydrogens is 276 g/mol. The van der Waals surface area contributed by atoms with Crippen molar-refractivity contribution in [3.63, 3.8) is 0 Å². The maximum Gasteiger partial charge on any atom is 0.178 e. The number of hydrogen-bond acceptors (Lipinski definition) is 3. The number of benzene rings is 1. The summed E-state index contributed by atoms with van der Waals surface area (Å²) < 4.78 is 8.18. The number of ether oxygens (including phenoxy) is 1. The van der Waals surface area contributed by atoms with Crippen molar-refractivity contribution < 1.29 is 4.74 Å². The number of imidazole rings is 1. The second-order valence-corrected chi connectivity index (χ2v) is 5.74. The quantitative estimate of drug-likeness (QED) is 0.726. The molecule has 3 rings (SSSR count). The molecule has 0 aliphatic rings. The van der Waals surface area contributed by atoms with E-state index < -0.39 is 0 Å². The van der Waals surface area contributed by atoms with Crippen LogP contribution in [0, 0.1) is 4.77 Å². The molecule has 0 aliphatic heterocycles. The first kappa shape index (κ1) is 12.4. The number of nitrogens with one attached hydrogen (secondary N) is 1. The van der Waals surface area contributed by atoms with E-state index in [1.807, 2.05) is 18.2 Å². The summed E-state index contributed by atoms with van der Waals surface area (Å²) in [6, 6.07) is 10.4. The molecule has 0 bridgehead atoms. The summed E-state index contributed by atoms with van der Waals surface area (Å²) in [6.07, 6.45) is 0. The van der Waals surface area contributed by atoms with Crippen molar-refractivity contribution in [2.75, 3.05) is 7.11 Å². The molecule has 0 saturated heterocycles. The van der Waals surface area contributed by atoms with Crippen molar-refractivity contribution in [3.05, 3.63) is 45.4 Å². The average molecular weight is 290 g/mol. The molecule has 0 aliphatic carbocycles. The first-order chi connectivity index (χ1) is 9.20. The van der Waals surface area contributed by atoms with E-state index >= 15 is 0 Å². The Hall–Kier alpha value is -1.59. The van der Waals surface area contributed by atoms with Gasteiger partial charge in [0.05, 0.1) is 24.2 Å². The van der Waals surface area contributed by atoms with Gasteiger partial charge in [0.25, 0.3) is 0 Å². The lowest BCUT2D eigenvalue weighted by Crippen LogP contribution is -2.05. The smallest absolute Gasteiger partial charge is 0.178 e. The van der Waals surface area contributed by atoms with Gasteiger partial charge in [-0.3, -0.25) is 0 Å². The Morgan fingerprint density at radius 1 is 1.37 bits per heavy atom. The molecule has 2 heterocycles. The highest BCUT2D eigenvalue weighted by Gasteiger charge is 2.14. The van der Waals surface area contributed by atoms with E-state index in [2.05, 4.69) is 34.0 Å². The van der Waals surface area contributed by atoms with Crippen LogP contribution in [0.4, 0.5) is 0 Å². The van der Waals surface area contributed by atoms with E-state index in [1.165, 1.54) is 4.88 Å². The van der Waals surface area contributed by atoms with Gasteiger partial charge in [0, 0.05) is 10.9 Å². The molecule has 0 fully saturated rings. The van der Waals surface area contributed by atoms with Crippen LogP contribution in [0.15, 0.2) is 35.7 Å². The van der Waals surface area contributed by atoms with E-state index in [-0.39, 0.29) is 6.04 Å². The SMILES string of the molecule is COc1ccc2[nH]c(=S)n(C(C)c3cccs3)c2c1. The molecule has 1 atom stereocenters. The van der Waals surface area contributed by atoms with Crippen molar-refractivity contribution in [1.29, 1.82) is 0 Å². The zero-order chi connectivity index (χ0) is 13.4. The molecule has 1 unspecified atom stereocenters. The summed E-state index contributed by atoms with van der Waals surface area (Å²) in [5, 5.41) is 2.09. The summed E-state index contributed by atoms with van der Waals surface area (Å²) >= 11 is 7.20. The summed E-state index contributed by atoms with van der Waals surface area (Å²) in [7, 11) is 1.68. The predicted octanol–water partition coefficient (Wildman–Crippen LogP) is 4.38. The minimum atomic E-state index is 0.216. The second kappa shape index (κ2) is 4.83. The molecule has 1 aromatic carbocycles. The number of thiophene rings is 1.